The highest BCUT2D eigenvalue weighted by molar-refractivity contribution is 5.80. The molecule has 26 heavy (non-hydrogen) atoms. The van der Waals surface area contributed by atoms with Gasteiger partial charge in [-0.25, -0.2) is 4.99 Å². The van der Waals surface area contributed by atoms with E-state index in [1.807, 2.05) is 65.8 Å². The molecule has 6 heteroatoms. The van der Waals surface area contributed by atoms with Crippen molar-refractivity contribution in [1.82, 2.24) is 16.0 Å². The molecule has 1 rings (SSSR count). The van der Waals surface area contributed by atoms with Gasteiger partial charge in [0.05, 0.1) is 6.54 Å². The Hall–Kier alpha value is -2.24. The summed E-state index contributed by atoms with van der Waals surface area (Å²) in [4.78, 5) is 16.2. The van der Waals surface area contributed by atoms with E-state index in [-0.39, 0.29) is 17.4 Å². The van der Waals surface area contributed by atoms with Crippen LogP contribution in [0.3, 0.4) is 0 Å². The molecule has 0 spiro atoms. The average Bonchev–Trinajstić information content (AvgIpc) is 2.55. The molecule has 0 bridgehead atoms. The van der Waals surface area contributed by atoms with E-state index in [0.717, 1.165) is 23.8 Å². The maximum atomic E-state index is 11.6. The number of rotatable bonds is 8. The molecule has 1 amide bonds. The Balaban J connectivity index is 2.65. The third-order valence-electron chi connectivity index (χ3n) is 3.38. The van der Waals surface area contributed by atoms with Crippen molar-refractivity contribution in [3.63, 3.8) is 0 Å². The second kappa shape index (κ2) is 10.7. The van der Waals surface area contributed by atoms with Crippen LogP contribution < -0.4 is 20.7 Å². The maximum absolute atomic E-state index is 11.6. The summed E-state index contributed by atoms with van der Waals surface area (Å²) in [5.41, 5.74) is 0.782. The van der Waals surface area contributed by atoms with Crippen molar-refractivity contribution in [2.24, 2.45) is 10.9 Å². The zero-order valence-corrected chi connectivity index (χ0v) is 17.0. The molecule has 0 unspecified atom stereocenters. The molecule has 0 aliphatic carbocycles. The van der Waals surface area contributed by atoms with Crippen LogP contribution in [-0.2, 0) is 11.3 Å². The molecule has 0 heterocycles. The van der Waals surface area contributed by atoms with Crippen LogP contribution >= 0.6 is 0 Å². The van der Waals surface area contributed by atoms with Crippen LogP contribution in [0.4, 0.5) is 0 Å². The van der Waals surface area contributed by atoms with Gasteiger partial charge in [0.15, 0.2) is 5.96 Å². The highest BCUT2D eigenvalue weighted by atomic mass is 16.5. The molecule has 146 valence electrons. The Bertz CT molecular complexity index is 592. The van der Waals surface area contributed by atoms with Gasteiger partial charge in [0, 0.05) is 31.1 Å². The highest BCUT2D eigenvalue weighted by Crippen LogP contribution is 2.23. The molecule has 0 atom stereocenters. The van der Waals surface area contributed by atoms with E-state index in [9.17, 15) is 4.79 Å². The largest absolute Gasteiger partial charge is 0.488 e. The van der Waals surface area contributed by atoms with Crippen molar-refractivity contribution >= 4 is 11.9 Å². The van der Waals surface area contributed by atoms with Crippen molar-refractivity contribution in [1.29, 1.82) is 0 Å². The van der Waals surface area contributed by atoms with Gasteiger partial charge < -0.3 is 20.7 Å². The molecule has 1 aromatic rings. The zero-order valence-electron chi connectivity index (χ0n) is 17.0. The third kappa shape index (κ3) is 8.74. The van der Waals surface area contributed by atoms with Crippen molar-refractivity contribution in [3.05, 3.63) is 29.8 Å². The number of carbonyl (C=O) groups is 1. The topological polar surface area (TPSA) is 74.8 Å². The fourth-order valence-corrected chi connectivity index (χ4v) is 2.14. The molecule has 1 aromatic carbocycles. The van der Waals surface area contributed by atoms with Crippen LogP contribution in [0.5, 0.6) is 5.75 Å². The molecule has 6 nitrogen and oxygen atoms in total. The number of para-hydroxylation sites is 1. The second-order valence-electron chi connectivity index (χ2n) is 7.39. The maximum Gasteiger partial charge on any atom is 0.222 e. The summed E-state index contributed by atoms with van der Waals surface area (Å²) in [6.07, 6.45) is 0. The zero-order chi connectivity index (χ0) is 19.6. The number of amides is 1. The Morgan fingerprint density at radius 1 is 1.12 bits per heavy atom. The first-order valence-electron chi connectivity index (χ1n) is 9.29. The van der Waals surface area contributed by atoms with Gasteiger partial charge >= 0.3 is 0 Å². The van der Waals surface area contributed by atoms with Crippen LogP contribution in [0.25, 0.3) is 0 Å². The van der Waals surface area contributed by atoms with Crippen LogP contribution in [0.1, 0.15) is 47.1 Å². The number of aliphatic imine (C=N–C) groups is 1. The molecule has 0 radical (unpaired) electrons. The summed E-state index contributed by atoms with van der Waals surface area (Å²) in [6, 6.07) is 7.95. The highest BCUT2D eigenvalue weighted by Gasteiger charge is 2.14. The number of guanidine groups is 1. The number of hydrogen-bond donors (Lipinski definition) is 3. The summed E-state index contributed by atoms with van der Waals surface area (Å²) in [7, 11) is 0. The number of ether oxygens (including phenoxy) is 1. The second-order valence-corrected chi connectivity index (χ2v) is 7.39. The van der Waals surface area contributed by atoms with Gasteiger partial charge in [-0.2, -0.15) is 0 Å². The summed E-state index contributed by atoms with van der Waals surface area (Å²) < 4.78 is 6.01. The van der Waals surface area contributed by atoms with E-state index in [1.54, 1.807) is 0 Å². The Kier molecular flexibility index (Phi) is 8.96. The van der Waals surface area contributed by atoms with Gasteiger partial charge in [-0.1, -0.05) is 32.0 Å². The lowest BCUT2D eigenvalue weighted by molar-refractivity contribution is -0.123. The minimum atomic E-state index is -0.253. The van der Waals surface area contributed by atoms with E-state index in [4.69, 9.17) is 4.74 Å². The molecule has 0 aromatic heterocycles. The van der Waals surface area contributed by atoms with Crippen LogP contribution in [-0.4, -0.2) is 37.1 Å². The van der Waals surface area contributed by atoms with Gasteiger partial charge in [-0.15, -0.1) is 0 Å². The monoisotopic (exact) mass is 362 g/mol. The van der Waals surface area contributed by atoms with E-state index < -0.39 is 0 Å². The molecule has 0 saturated heterocycles. The lowest BCUT2D eigenvalue weighted by atomic mass is 10.1. The van der Waals surface area contributed by atoms with E-state index in [1.165, 1.54) is 0 Å². The number of nitrogens with one attached hydrogen (secondary N) is 3. The van der Waals surface area contributed by atoms with Crippen molar-refractivity contribution < 1.29 is 9.53 Å². The fourth-order valence-electron chi connectivity index (χ4n) is 2.14. The van der Waals surface area contributed by atoms with E-state index in [0.29, 0.717) is 19.6 Å². The fraction of sp³-hybridized carbons (Fsp3) is 0.600. The van der Waals surface area contributed by atoms with Crippen molar-refractivity contribution in [3.8, 4) is 5.75 Å². The van der Waals surface area contributed by atoms with Gasteiger partial charge in [0.25, 0.3) is 0 Å². The minimum absolute atomic E-state index is 0.00350. The van der Waals surface area contributed by atoms with Gasteiger partial charge in [0.1, 0.15) is 11.4 Å². The Labute approximate surface area is 157 Å². The molecule has 0 saturated carbocycles. The molecule has 3 N–H and O–H groups in total. The summed E-state index contributed by atoms with van der Waals surface area (Å²) >= 11 is 0. The summed E-state index contributed by atoms with van der Waals surface area (Å²) in [6.45, 7) is 14.3. The lowest BCUT2D eigenvalue weighted by Crippen LogP contribution is -2.42. The standard InChI is InChI=1S/C20H34N4O2/c1-7-21-19(23-13-12-22-18(25)15(2)3)24-14-16-10-8-9-11-17(16)26-20(4,5)6/h8-11,15H,7,12-14H2,1-6H3,(H,22,25)(H2,21,23,24). The molecule has 0 aliphatic heterocycles. The SMILES string of the molecule is CCNC(=NCc1ccccc1OC(C)(C)C)NCCNC(=O)C(C)C. The number of carbonyl (C=O) groups excluding carboxylic acids is 1. The third-order valence-corrected chi connectivity index (χ3v) is 3.38. The molecule has 0 fully saturated rings. The lowest BCUT2D eigenvalue weighted by Gasteiger charge is -2.23. The van der Waals surface area contributed by atoms with Crippen LogP contribution in [0.15, 0.2) is 29.3 Å². The first-order chi connectivity index (χ1) is 12.2. The quantitative estimate of drug-likeness (QED) is 0.378. The van der Waals surface area contributed by atoms with Crippen LogP contribution in [0.2, 0.25) is 0 Å². The summed E-state index contributed by atoms with van der Waals surface area (Å²) in [5.74, 6) is 1.62. The average molecular weight is 363 g/mol. The number of nitrogens with zero attached hydrogens (tertiary/aromatic N) is 1. The van der Waals surface area contributed by atoms with Crippen molar-refractivity contribution in [2.45, 2.75) is 53.7 Å². The summed E-state index contributed by atoms with van der Waals surface area (Å²) in [5, 5.41) is 9.34. The first kappa shape index (κ1) is 21.8. The van der Waals surface area contributed by atoms with Gasteiger partial charge in [-0.3, -0.25) is 4.79 Å². The normalized spacial score (nSPS) is 12.0. The number of hydrogen-bond acceptors (Lipinski definition) is 3. The minimum Gasteiger partial charge on any atom is -0.488 e. The number of benzene rings is 1. The predicted molar refractivity (Wildman–Crippen MR) is 107 cm³/mol. The smallest absolute Gasteiger partial charge is 0.222 e. The molecular formula is C20H34N4O2. The molecule has 0 aliphatic rings. The predicted octanol–water partition coefficient (Wildman–Crippen LogP) is 2.69. The van der Waals surface area contributed by atoms with Gasteiger partial charge in [0.2, 0.25) is 5.91 Å². The Morgan fingerprint density at radius 3 is 2.38 bits per heavy atom. The van der Waals surface area contributed by atoms with E-state index in [2.05, 4.69) is 20.9 Å². The van der Waals surface area contributed by atoms with Crippen LogP contribution in [0, 0.1) is 5.92 Å². The van der Waals surface area contributed by atoms with E-state index >= 15 is 0 Å². The molecular weight excluding hydrogens is 328 g/mol. The Morgan fingerprint density at radius 2 is 1.77 bits per heavy atom. The first-order valence-corrected chi connectivity index (χ1v) is 9.29. The van der Waals surface area contributed by atoms with Crippen molar-refractivity contribution in [2.75, 3.05) is 19.6 Å². The van der Waals surface area contributed by atoms with Gasteiger partial charge in [-0.05, 0) is 33.8 Å².